The maximum atomic E-state index is 9.00. The van der Waals surface area contributed by atoms with Gasteiger partial charge in [-0.25, -0.2) is 0 Å². The van der Waals surface area contributed by atoms with Crippen molar-refractivity contribution in [3.8, 4) is 6.07 Å². The number of benzene rings is 1. The van der Waals surface area contributed by atoms with Crippen molar-refractivity contribution in [3.05, 3.63) is 28.8 Å². The molecule has 2 rings (SSSR count). The Morgan fingerprint density at radius 1 is 1.37 bits per heavy atom. The van der Waals surface area contributed by atoms with E-state index in [0.717, 1.165) is 12.1 Å². The maximum Gasteiger partial charge on any atom is 0.101 e. The number of nitriles is 1. The van der Waals surface area contributed by atoms with Crippen LogP contribution in [0.25, 0.3) is 0 Å². The SMILES string of the molecule is CC1(C)CC(Nc2ccc(Cl)c(C#N)c2)C(C)(C)O1. The molecule has 1 aliphatic rings. The van der Waals surface area contributed by atoms with E-state index in [1.54, 1.807) is 12.1 Å². The largest absolute Gasteiger partial charge is 0.379 e. The second-order valence-electron chi connectivity index (χ2n) is 6.17. The first-order chi connectivity index (χ1) is 8.73. The molecule has 3 nitrogen and oxygen atoms in total. The number of anilines is 1. The number of ether oxygens (including phenoxy) is 1. The molecule has 0 bridgehead atoms. The lowest BCUT2D eigenvalue weighted by molar-refractivity contribution is -0.0662. The molecule has 1 aliphatic heterocycles. The molecule has 1 heterocycles. The first-order valence-corrected chi connectivity index (χ1v) is 6.78. The summed E-state index contributed by atoms with van der Waals surface area (Å²) in [7, 11) is 0. The Hall–Kier alpha value is -1.24. The van der Waals surface area contributed by atoms with Gasteiger partial charge in [-0.05, 0) is 52.3 Å². The highest BCUT2D eigenvalue weighted by atomic mass is 35.5. The maximum absolute atomic E-state index is 9.00. The van der Waals surface area contributed by atoms with E-state index in [4.69, 9.17) is 21.6 Å². The minimum absolute atomic E-state index is 0.133. The van der Waals surface area contributed by atoms with Gasteiger partial charge >= 0.3 is 0 Å². The quantitative estimate of drug-likeness (QED) is 0.890. The van der Waals surface area contributed by atoms with Crippen LogP contribution in [0, 0.1) is 11.3 Å². The van der Waals surface area contributed by atoms with Crippen molar-refractivity contribution < 1.29 is 4.74 Å². The summed E-state index contributed by atoms with van der Waals surface area (Å²) in [5.41, 5.74) is 1.02. The third kappa shape index (κ3) is 3.02. The van der Waals surface area contributed by atoms with Crippen LogP contribution in [0.5, 0.6) is 0 Å². The topological polar surface area (TPSA) is 45.0 Å². The van der Waals surface area contributed by atoms with Gasteiger partial charge in [0, 0.05) is 5.69 Å². The average Bonchev–Trinajstić information content (AvgIpc) is 2.49. The van der Waals surface area contributed by atoms with Crippen molar-refractivity contribution in [3.63, 3.8) is 0 Å². The van der Waals surface area contributed by atoms with Gasteiger partial charge in [0.2, 0.25) is 0 Å². The normalized spacial score (nSPS) is 23.9. The van der Waals surface area contributed by atoms with Crippen LogP contribution in [-0.2, 0) is 4.74 Å². The van der Waals surface area contributed by atoms with Gasteiger partial charge in [-0.3, -0.25) is 0 Å². The smallest absolute Gasteiger partial charge is 0.101 e. The van der Waals surface area contributed by atoms with Crippen LogP contribution >= 0.6 is 11.6 Å². The number of nitrogens with zero attached hydrogens (tertiary/aromatic N) is 1. The van der Waals surface area contributed by atoms with Crippen LogP contribution in [0.1, 0.15) is 39.7 Å². The van der Waals surface area contributed by atoms with E-state index in [1.807, 2.05) is 6.07 Å². The van der Waals surface area contributed by atoms with E-state index in [1.165, 1.54) is 0 Å². The van der Waals surface area contributed by atoms with Crippen LogP contribution in [0.4, 0.5) is 5.69 Å². The zero-order chi connectivity index (χ0) is 14.3. The van der Waals surface area contributed by atoms with Gasteiger partial charge in [-0.2, -0.15) is 5.26 Å². The van der Waals surface area contributed by atoms with Gasteiger partial charge in [-0.1, -0.05) is 11.6 Å². The zero-order valence-corrected chi connectivity index (χ0v) is 12.5. The molecule has 1 aromatic carbocycles. The summed E-state index contributed by atoms with van der Waals surface area (Å²) in [6.07, 6.45) is 0.921. The van der Waals surface area contributed by atoms with Gasteiger partial charge in [0.25, 0.3) is 0 Å². The molecule has 0 saturated carbocycles. The Balaban J connectivity index is 2.20. The molecule has 19 heavy (non-hydrogen) atoms. The molecule has 1 aromatic rings. The minimum atomic E-state index is -0.240. The van der Waals surface area contributed by atoms with Crippen LogP contribution in [0.15, 0.2) is 18.2 Å². The molecular weight excluding hydrogens is 260 g/mol. The number of halogens is 1. The standard InChI is InChI=1S/C15H19ClN2O/c1-14(2)8-13(15(3,4)19-14)18-11-5-6-12(16)10(7-11)9-17/h5-7,13,18H,8H2,1-4H3. The highest BCUT2D eigenvalue weighted by Crippen LogP contribution is 2.39. The second kappa shape index (κ2) is 4.70. The lowest BCUT2D eigenvalue weighted by Gasteiger charge is -2.28. The van der Waals surface area contributed by atoms with E-state index in [2.05, 4.69) is 39.1 Å². The van der Waals surface area contributed by atoms with Gasteiger partial charge in [0.1, 0.15) is 6.07 Å². The summed E-state index contributed by atoms with van der Waals surface area (Å²) in [6.45, 7) is 8.36. The third-order valence-corrected chi connectivity index (χ3v) is 3.83. The van der Waals surface area contributed by atoms with Gasteiger partial charge in [0.15, 0.2) is 0 Å². The Kier molecular flexibility index (Phi) is 3.51. The Morgan fingerprint density at radius 3 is 2.58 bits per heavy atom. The predicted molar refractivity (Wildman–Crippen MR) is 77.4 cm³/mol. The fourth-order valence-corrected chi connectivity index (χ4v) is 2.85. The Bertz CT molecular complexity index is 531. The monoisotopic (exact) mass is 278 g/mol. The fraction of sp³-hybridized carbons (Fsp3) is 0.533. The number of nitrogens with one attached hydrogen (secondary N) is 1. The van der Waals surface area contributed by atoms with E-state index in [9.17, 15) is 0 Å². The molecule has 0 amide bonds. The average molecular weight is 279 g/mol. The molecule has 0 aromatic heterocycles. The summed E-state index contributed by atoms with van der Waals surface area (Å²) in [6, 6.07) is 7.72. The van der Waals surface area contributed by atoms with Crippen molar-refractivity contribution in [1.82, 2.24) is 0 Å². The van der Waals surface area contributed by atoms with E-state index in [-0.39, 0.29) is 17.2 Å². The van der Waals surface area contributed by atoms with Crippen LogP contribution in [0.2, 0.25) is 5.02 Å². The molecule has 1 atom stereocenters. The Labute approximate surface area is 119 Å². The lowest BCUT2D eigenvalue weighted by atomic mass is 9.94. The highest BCUT2D eigenvalue weighted by Gasteiger charge is 2.45. The van der Waals surface area contributed by atoms with Crippen LogP contribution in [-0.4, -0.2) is 17.2 Å². The molecule has 1 saturated heterocycles. The van der Waals surface area contributed by atoms with Crippen LogP contribution in [0.3, 0.4) is 0 Å². The minimum Gasteiger partial charge on any atom is -0.379 e. The summed E-state index contributed by atoms with van der Waals surface area (Å²) < 4.78 is 6.05. The molecule has 0 aliphatic carbocycles. The molecule has 0 spiro atoms. The molecule has 102 valence electrons. The lowest BCUT2D eigenvalue weighted by Crippen LogP contribution is -2.38. The van der Waals surface area contributed by atoms with Crippen molar-refractivity contribution in [2.45, 2.75) is 51.4 Å². The number of rotatable bonds is 2. The number of hydrogen-bond acceptors (Lipinski definition) is 3. The molecule has 4 heteroatoms. The molecular formula is C15H19ClN2O. The first kappa shape index (κ1) is 14.2. The molecule has 0 radical (unpaired) electrons. The van der Waals surface area contributed by atoms with Gasteiger partial charge in [-0.15, -0.1) is 0 Å². The van der Waals surface area contributed by atoms with Crippen molar-refractivity contribution in [2.75, 3.05) is 5.32 Å². The molecule has 1 unspecified atom stereocenters. The first-order valence-electron chi connectivity index (χ1n) is 6.40. The second-order valence-corrected chi connectivity index (χ2v) is 6.58. The zero-order valence-electron chi connectivity index (χ0n) is 11.7. The van der Waals surface area contributed by atoms with Crippen molar-refractivity contribution in [2.24, 2.45) is 0 Å². The van der Waals surface area contributed by atoms with E-state index >= 15 is 0 Å². The Morgan fingerprint density at radius 2 is 2.05 bits per heavy atom. The van der Waals surface area contributed by atoms with Gasteiger partial charge in [0.05, 0.1) is 27.8 Å². The summed E-state index contributed by atoms with van der Waals surface area (Å²) in [4.78, 5) is 0. The molecule has 1 N–H and O–H groups in total. The van der Waals surface area contributed by atoms with E-state index < -0.39 is 0 Å². The predicted octanol–water partition coefficient (Wildman–Crippen LogP) is 3.97. The molecule has 1 fully saturated rings. The van der Waals surface area contributed by atoms with E-state index in [0.29, 0.717) is 10.6 Å². The number of hydrogen-bond donors (Lipinski definition) is 1. The van der Waals surface area contributed by atoms with Crippen LogP contribution < -0.4 is 5.32 Å². The summed E-state index contributed by atoms with van der Waals surface area (Å²) in [5.74, 6) is 0. The fourth-order valence-electron chi connectivity index (χ4n) is 2.69. The summed E-state index contributed by atoms with van der Waals surface area (Å²) in [5, 5.41) is 12.9. The van der Waals surface area contributed by atoms with Crippen molar-refractivity contribution in [1.29, 1.82) is 5.26 Å². The van der Waals surface area contributed by atoms with Gasteiger partial charge < -0.3 is 10.1 Å². The van der Waals surface area contributed by atoms with Crippen molar-refractivity contribution >= 4 is 17.3 Å². The highest BCUT2D eigenvalue weighted by molar-refractivity contribution is 6.31. The third-order valence-electron chi connectivity index (χ3n) is 3.50. The summed E-state index contributed by atoms with van der Waals surface area (Å²) >= 11 is 5.94.